The van der Waals surface area contributed by atoms with E-state index in [2.05, 4.69) is 34.7 Å². The Kier molecular flexibility index (Phi) is 7.11. The van der Waals surface area contributed by atoms with Crippen molar-refractivity contribution in [2.45, 2.75) is 25.6 Å². The van der Waals surface area contributed by atoms with Crippen molar-refractivity contribution in [3.63, 3.8) is 0 Å². The molecule has 1 aliphatic rings. The van der Waals surface area contributed by atoms with Crippen LogP contribution in [0.1, 0.15) is 18.2 Å². The number of carbonyl (C=O) groups is 2. The van der Waals surface area contributed by atoms with Crippen molar-refractivity contribution in [2.75, 3.05) is 37.2 Å². The first-order chi connectivity index (χ1) is 13.5. The van der Waals surface area contributed by atoms with Crippen molar-refractivity contribution in [3.8, 4) is 0 Å². The molecule has 150 valence electrons. The van der Waals surface area contributed by atoms with Crippen LogP contribution in [0.15, 0.2) is 40.9 Å². The van der Waals surface area contributed by atoms with Crippen molar-refractivity contribution in [1.29, 1.82) is 0 Å². The Labute approximate surface area is 169 Å². The molecule has 1 aromatic carbocycles. The molecule has 3 rings (SSSR count). The van der Waals surface area contributed by atoms with Crippen LogP contribution in [0.2, 0.25) is 0 Å². The minimum absolute atomic E-state index is 0.0979. The molecule has 2 heterocycles. The smallest absolute Gasteiger partial charge is 0.238 e. The Morgan fingerprint density at radius 2 is 2.00 bits per heavy atom. The van der Waals surface area contributed by atoms with E-state index in [0.717, 1.165) is 32.7 Å². The van der Waals surface area contributed by atoms with Crippen molar-refractivity contribution in [1.82, 2.24) is 10.1 Å². The lowest BCUT2D eigenvalue weighted by molar-refractivity contribution is -0.917. The van der Waals surface area contributed by atoms with Crippen LogP contribution in [0.4, 0.5) is 5.82 Å². The number of nitrogens with zero attached hydrogens (tertiary/aromatic N) is 2. The standard InChI is InChI=1S/C20H26N4O3S/c1-15-12-18(22-27-15)21-20(26)16(2)28-14-19(25)24-10-8-23(9-11-24)13-17-6-4-3-5-7-17/h3-7,12,16H,8-11,13-14H2,1-2H3,(H,21,22,26)/p+1/t16-/m0/s1. The number of nitrogens with one attached hydrogen (secondary N) is 2. The van der Waals surface area contributed by atoms with Gasteiger partial charge in [-0.2, -0.15) is 0 Å². The van der Waals surface area contributed by atoms with Crippen molar-refractivity contribution < 1.29 is 19.0 Å². The van der Waals surface area contributed by atoms with Crippen LogP contribution in [-0.4, -0.2) is 59.1 Å². The predicted molar refractivity (Wildman–Crippen MR) is 109 cm³/mol. The molecule has 0 aliphatic carbocycles. The summed E-state index contributed by atoms with van der Waals surface area (Å²) in [4.78, 5) is 28.1. The normalized spacial score (nSPS) is 16.0. The second kappa shape index (κ2) is 9.75. The molecule has 2 aromatic rings. The molecule has 1 saturated heterocycles. The van der Waals surface area contributed by atoms with Crippen molar-refractivity contribution in [3.05, 3.63) is 47.7 Å². The van der Waals surface area contributed by atoms with E-state index >= 15 is 0 Å². The highest BCUT2D eigenvalue weighted by atomic mass is 32.2. The van der Waals surface area contributed by atoms with Crippen LogP contribution in [0.3, 0.4) is 0 Å². The fraction of sp³-hybridized carbons (Fsp3) is 0.450. The lowest BCUT2D eigenvalue weighted by atomic mass is 10.2. The maximum atomic E-state index is 12.5. The lowest BCUT2D eigenvalue weighted by Gasteiger charge is -2.32. The third kappa shape index (κ3) is 5.84. The summed E-state index contributed by atoms with van der Waals surface area (Å²) < 4.78 is 4.93. The first kappa shape index (κ1) is 20.4. The quantitative estimate of drug-likeness (QED) is 0.720. The average Bonchev–Trinajstić information content (AvgIpc) is 3.11. The molecule has 7 nitrogen and oxygen atoms in total. The van der Waals surface area contributed by atoms with Gasteiger partial charge in [-0.05, 0) is 13.8 Å². The summed E-state index contributed by atoms with van der Waals surface area (Å²) >= 11 is 1.35. The third-order valence-electron chi connectivity index (χ3n) is 4.83. The second-order valence-corrected chi connectivity index (χ2v) is 8.39. The number of aromatic nitrogens is 1. The Balaban J connectivity index is 1.37. The molecule has 28 heavy (non-hydrogen) atoms. The zero-order valence-corrected chi connectivity index (χ0v) is 17.1. The van der Waals surface area contributed by atoms with E-state index in [1.165, 1.54) is 22.2 Å². The van der Waals surface area contributed by atoms with Gasteiger partial charge in [-0.1, -0.05) is 35.5 Å². The first-order valence-electron chi connectivity index (χ1n) is 9.52. The number of amides is 2. The van der Waals surface area contributed by atoms with Crippen LogP contribution in [0.25, 0.3) is 0 Å². The van der Waals surface area contributed by atoms with Gasteiger partial charge >= 0.3 is 0 Å². The van der Waals surface area contributed by atoms with Gasteiger partial charge in [0.1, 0.15) is 12.3 Å². The molecule has 0 unspecified atom stereocenters. The number of aryl methyl sites for hydroxylation is 1. The van der Waals surface area contributed by atoms with Gasteiger partial charge in [-0.15, -0.1) is 11.8 Å². The molecule has 2 amide bonds. The Morgan fingerprint density at radius 1 is 1.29 bits per heavy atom. The largest absolute Gasteiger partial charge is 0.360 e. The minimum Gasteiger partial charge on any atom is -0.360 e. The highest BCUT2D eigenvalue weighted by Crippen LogP contribution is 2.15. The molecule has 1 fully saturated rings. The molecule has 0 spiro atoms. The second-order valence-electron chi connectivity index (χ2n) is 7.06. The molecule has 1 atom stereocenters. The zero-order valence-electron chi connectivity index (χ0n) is 16.3. The molecule has 0 saturated carbocycles. The Morgan fingerprint density at radius 3 is 2.64 bits per heavy atom. The van der Waals surface area contributed by atoms with E-state index in [4.69, 9.17) is 4.52 Å². The molecule has 2 N–H and O–H groups in total. The van der Waals surface area contributed by atoms with Gasteiger partial charge in [-0.25, -0.2) is 0 Å². The molecular weight excluding hydrogens is 376 g/mol. The number of anilines is 1. The summed E-state index contributed by atoms with van der Waals surface area (Å²) in [6, 6.07) is 12.1. The minimum atomic E-state index is -0.342. The van der Waals surface area contributed by atoms with Crippen LogP contribution < -0.4 is 10.2 Å². The van der Waals surface area contributed by atoms with E-state index in [9.17, 15) is 9.59 Å². The third-order valence-corrected chi connectivity index (χ3v) is 5.95. The number of carbonyl (C=O) groups excluding carboxylic acids is 2. The monoisotopic (exact) mass is 403 g/mol. The van der Waals surface area contributed by atoms with E-state index in [1.807, 2.05) is 11.0 Å². The SMILES string of the molecule is Cc1cc(NC(=O)[C@H](C)SCC(=O)N2CC[NH+](Cc3ccccc3)CC2)no1. The fourth-order valence-corrected chi connectivity index (χ4v) is 3.94. The van der Waals surface area contributed by atoms with Crippen LogP contribution in [-0.2, 0) is 16.1 Å². The summed E-state index contributed by atoms with van der Waals surface area (Å²) in [6.07, 6.45) is 0. The van der Waals surface area contributed by atoms with E-state index in [-0.39, 0.29) is 17.1 Å². The zero-order chi connectivity index (χ0) is 19.9. The average molecular weight is 404 g/mol. The summed E-state index contributed by atoms with van der Waals surface area (Å²) in [5.41, 5.74) is 1.33. The van der Waals surface area contributed by atoms with E-state index < -0.39 is 0 Å². The number of quaternary nitrogens is 1. The molecular formula is C20H27N4O3S+. The molecule has 0 bridgehead atoms. The van der Waals surface area contributed by atoms with Gasteiger partial charge in [0, 0.05) is 11.6 Å². The summed E-state index contributed by atoms with van der Waals surface area (Å²) in [6.45, 7) is 7.99. The highest BCUT2D eigenvalue weighted by Gasteiger charge is 2.25. The van der Waals surface area contributed by atoms with Gasteiger partial charge < -0.3 is 19.6 Å². The lowest BCUT2D eigenvalue weighted by Crippen LogP contribution is -3.13. The van der Waals surface area contributed by atoms with Gasteiger partial charge in [0.2, 0.25) is 11.8 Å². The number of thioether (sulfide) groups is 1. The van der Waals surface area contributed by atoms with Crippen LogP contribution in [0.5, 0.6) is 0 Å². The summed E-state index contributed by atoms with van der Waals surface area (Å²) in [7, 11) is 0. The number of hydrogen-bond acceptors (Lipinski definition) is 5. The topological polar surface area (TPSA) is 79.9 Å². The van der Waals surface area contributed by atoms with Crippen molar-refractivity contribution in [2.24, 2.45) is 0 Å². The highest BCUT2D eigenvalue weighted by molar-refractivity contribution is 8.01. The van der Waals surface area contributed by atoms with Gasteiger partial charge in [0.25, 0.3) is 0 Å². The van der Waals surface area contributed by atoms with Crippen LogP contribution in [0, 0.1) is 6.92 Å². The Hall–Kier alpha value is -2.32. The van der Waals surface area contributed by atoms with Gasteiger partial charge in [0.05, 0.1) is 37.2 Å². The number of benzene rings is 1. The number of rotatable bonds is 7. The van der Waals surface area contributed by atoms with E-state index in [1.54, 1.807) is 19.9 Å². The molecule has 0 radical (unpaired) electrons. The van der Waals surface area contributed by atoms with Gasteiger partial charge in [-0.3, -0.25) is 9.59 Å². The molecule has 8 heteroatoms. The maximum absolute atomic E-state index is 12.5. The molecule has 1 aliphatic heterocycles. The van der Waals surface area contributed by atoms with E-state index in [0.29, 0.717) is 17.3 Å². The van der Waals surface area contributed by atoms with Gasteiger partial charge in [0.15, 0.2) is 5.82 Å². The summed E-state index contributed by atoms with van der Waals surface area (Å²) in [5, 5.41) is 6.11. The summed E-state index contributed by atoms with van der Waals surface area (Å²) in [5.74, 6) is 1.27. The molecule has 1 aromatic heterocycles. The van der Waals surface area contributed by atoms with Crippen molar-refractivity contribution >= 4 is 29.4 Å². The van der Waals surface area contributed by atoms with Crippen LogP contribution >= 0.6 is 11.8 Å². The first-order valence-corrected chi connectivity index (χ1v) is 10.6. The maximum Gasteiger partial charge on any atom is 0.238 e. The Bertz CT molecular complexity index is 788. The predicted octanol–water partition coefficient (Wildman–Crippen LogP) is 0.971. The number of piperazine rings is 1. The number of hydrogen-bond donors (Lipinski definition) is 2. The fourth-order valence-electron chi connectivity index (χ4n) is 3.15.